The predicted octanol–water partition coefficient (Wildman–Crippen LogP) is 2.06. The van der Waals surface area contributed by atoms with Crippen LogP contribution in [-0.4, -0.2) is 53.5 Å². The van der Waals surface area contributed by atoms with Crippen molar-refractivity contribution in [2.45, 2.75) is 13.0 Å². The third-order valence-corrected chi connectivity index (χ3v) is 4.38. The first-order valence-electron chi connectivity index (χ1n) is 9.22. The number of aliphatic hydroxyl groups is 1. The molecule has 2 heterocycles. The van der Waals surface area contributed by atoms with Crippen molar-refractivity contribution in [2.75, 3.05) is 33.0 Å². The first kappa shape index (κ1) is 20.5. The summed E-state index contributed by atoms with van der Waals surface area (Å²) < 4.78 is 10.8. The lowest BCUT2D eigenvalue weighted by Gasteiger charge is -2.13. The fourth-order valence-corrected chi connectivity index (χ4v) is 2.80. The van der Waals surface area contributed by atoms with Gasteiger partial charge in [0.2, 0.25) is 5.88 Å². The molecule has 0 aliphatic rings. The largest absolute Gasteiger partial charge is 0.491 e. The van der Waals surface area contributed by atoms with Crippen LogP contribution < -0.4 is 20.5 Å². The third kappa shape index (κ3) is 4.98. The van der Waals surface area contributed by atoms with Crippen LogP contribution in [-0.2, 0) is 0 Å². The van der Waals surface area contributed by atoms with Crippen molar-refractivity contribution in [3.8, 4) is 34.3 Å². The lowest BCUT2D eigenvalue weighted by Crippen LogP contribution is -2.29. The van der Waals surface area contributed by atoms with Crippen LogP contribution >= 0.6 is 0 Å². The Hall–Kier alpha value is -3.23. The second-order valence-electron chi connectivity index (χ2n) is 6.55. The zero-order chi connectivity index (χ0) is 20.8. The van der Waals surface area contributed by atoms with E-state index in [0.29, 0.717) is 35.5 Å². The minimum Gasteiger partial charge on any atom is -0.491 e. The maximum Gasteiger partial charge on any atom is 0.212 e. The number of nitrogen functional groups attached to an aromatic ring is 1. The molecule has 2 aromatic heterocycles. The molecule has 0 fully saturated rings. The number of nitrogens with two attached hydrogens (primary N) is 1. The van der Waals surface area contributed by atoms with E-state index in [4.69, 9.17) is 20.2 Å². The summed E-state index contributed by atoms with van der Waals surface area (Å²) in [5.74, 6) is 2.03. The number of pyridine rings is 1. The van der Waals surface area contributed by atoms with E-state index in [1.807, 2.05) is 37.3 Å². The molecule has 0 radical (unpaired) electrons. The van der Waals surface area contributed by atoms with E-state index < -0.39 is 6.10 Å². The second kappa shape index (κ2) is 9.31. The van der Waals surface area contributed by atoms with Crippen LogP contribution in [0.25, 0.3) is 22.6 Å². The average Bonchev–Trinajstić information content (AvgIpc) is 2.74. The predicted molar refractivity (Wildman–Crippen MR) is 112 cm³/mol. The molecule has 3 rings (SSSR count). The molecular weight excluding hydrogens is 370 g/mol. The molecule has 1 aromatic carbocycles. The van der Waals surface area contributed by atoms with Gasteiger partial charge in [-0.25, -0.2) is 15.0 Å². The van der Waals surface area contributed by atoms with E-state index in [1.54, 1.807) is 26.4 Å². The number of rotatable bonds is 8. The number of hydrogen-bond acceptors (Lipinski definition) is 8. The topological polar surface area (TPSA) is 115 Å². The van der Waals surface area contributed by atoms with Crippen molar-refractivity contribution in [1.29, 1.82) is 0 Å². The highest BCUT2D eigenvalue weighted by molar-refractivity contribution is 5.71. The molecule has 0 spiro atoms. The Bertz CT molecular complexity index is 963. The lowest BCUT2D eigenvalue weighted by molar-refractivity contribution is 0.108. The number of methoxy groups -OCH3 is 1. The summed E-state index contributed by atoms with van der Waals surface area (Å²) in [6.07, 6.45) is 1.10. The average molecular weight is 395 g/mol. The van der Waals surface area contributed by atoms with Crippen molar-refractivity contribution >= 4 is 5.82 Å². The van der Waals surface area contributed by atoms with Gasteiger partial charge in [0, 0.05) is 35.5 Å². The minimum absolute atomic E-state index is 0.184. The van der Waals surface area contributed by atoms with E-state index in [1.165, 1.54) is 0 Å². The van der Waals surface area contributed by atoms with E-state index in [2.05, 4.69) is 15.3 Å². The van der Waals surface area contributed by atoms with Gasteiger partial charge in [0.25, 0.3) is 0 Å². The summed E-state index contributed by atoms with van der Waals surface area (Å²) in [4.78, 5) is 13.4. The Morgan fingerprint density at radius 2 is 2.00 bits per heavy atom. The highest BCUT2D eigenvalue weighted by Crippen LogP contribution is 2.29. The zero-order valence-corrected chi connectivity index (χ0v) is 16.7. The van der Waals surface area contributed by atoms with Crippen LogP contribution in [0.5, 0.6) is 11.6 Å². The third-order valence-electron chi connectivity index (χ3n) is 4.38. The van der Waals surface area contributed by atoms with E-state index >= 15 is 0 Å². The van der Waals surface area contributed by atoms with Gasteiger partial charge in [-0.1, -0.05) is 12.1 Å². The molecule has 0 amide bonds. The highest BCUT2D eigenvalue weighted by atomic mass is 16.5. The van der Waals surface area contributed by atoms with E-state index in [-0.39, 0.29) is 6.61 Å². The van der Waals surface area contributed by atoms with E-state index in [0.717, 1.165) is 16.7 Å². The maximum absolute atomic E-state index is 9.82. The normalized spacial score (nSPS) is 11.9. The fourth-order valence-electron chi connectivity index (χ4n) is 2.80. The number of aliphatic hydroxyl groups excluding tert-OH is 1. The summed E-state index contributed by atoms with van der Waals surface area (Å²) in [7, 11) is 3.35. The summed E-state index contributed by atoms with van der Waals surface area (Å²) in [5.41, 5.74) is 9.23. The molecule has 1 atom stereocenters. The number of ether oxygens (including phenoxy) is 2. The summed E-state index contributed by atoms with van der Waals surface area (Å²) in [6, 6.07) is 11.0. The number of hydrogen-bond donors (Lipinski definition) is 3. The molecule has 0 aliphatic carbocycles. The molecule has 152 valence electrons. The number of likely N-dealkylation sites (N-methyl/N-ethyl adjacent to an activating group) is 1. The Morgan fingerprint density at radius 3 is 2.69 bits per heavy atom. The van der Waals surface area contributed by atoms with Crippen molar-refractivity contribution in [2.24, 2.45) is 0 Å². The molecule has 0 saturated carbocycles. The van der Waals surface area contributed by atoms with Crippen molar-refractivity contribution in [3.05, 3.63) is 48.2 Å². The SMILES string of the molecule is CNCC(O)COc1cccc(-c2nc(N)c(C)c(-c3ccc(OC)nc3)n2)c1. The maximum atomic E-state index is 9.82. The molecule has 8 heteroatoms. The Labute approximate surface area is 169 Å². The van der Waals surface area contributed by atoms with Gasteiger partial charge in [0.05, 0.1) is 12.8 Å². The molecule has 8 nitrogen and oxygen atoms in total. The molecule has 3 aromatic rings. The van der Waals surface area contributed by atoms with Crippen LogP contribution in [0.4, 0.5) is 5.82 Å². The fraction of sp³-hybridized carbons (Fsp3) is 0.286. The van der Waals surface area contributed by atoms with Crippen molar-refractivity contribution < 1.29 is 14.6 Å². The zero-order valence-electron chi connectivity index (χ0n) is 16.7. The molecule has 4 N–H and O–H groups in total. The van der Waals surface area contributed by atoms with Gasteiger partial charge in [0.15, 0.2) is 5.82 Å². The molecular formula is C21H25N5O3. The summed E-state index contributed by atoms with van der Waals surface area (Å²) >= 11 is 0. The quantitative estimate of drug-likeness (QED) is 0.531. The van der Waals surface area contributed by atoms with Crippen molar-refractivity contribution in [1.82, 2.24) is 20.3 Å². The Kier molecular flexibility index (Phi) is 6.58. The lowest BCUT2D eigenvalue weighted by atomic mass is 10.1. The van der Waals surface area contributed by atoms with Crippen LogP contribution in [0.3, 0.4) is 0 Å². The van der Waals surface area contributed by atoms with Gasteiger partial charge < -0.3 is 25.6 Å². The summed E-state index contributed by atoms with van der Waals surface area (Å²) in [5, 5.41) is 12.7. The number of aromatic nitrogens is 3. The molecule has 29 heavy (non-hydrogen) atoms. The smallest absolute Gasteiger partial charge is 0.212 e. The second-order valence-corrected chi connectivity index (χ2v) is 6.55. The van der Waals surface area contributed by atoms with E-state index in [9.17, 15) is 5.11 Å². The Balaban J connectivity index is 1.91. The van der Waals surface area contributed by atoms with Gasteiger partial charge in [-0.15, -0.1) is 0 Å². The standard InChI is InChI=1S/C21H25N5O3/c1-13-19(15-7-8-18(28-3)24-10-15)25-21(26-20(13)22)14-5-4-6-17(9-14)29-12-16(27)11-23-2/h4-10,16,23,27H,11-12H2,1-3H3,(H2,22,25,26). The monoisotopic (exact) mass is 395 g/mol. The summed E-state index contributed by atoms with van der Waals surface area (Å²) in [6.45, 7) is 2.52. The molecule has 0 aliphatic heterocycles. The van der Waals surface area contributed by atoms with Gasteiger partial charge in [-0.3, -0.25) is 0 Å². The number of benzene rings is 1. The van der Waals surface area contributed by atoms with Crippen LogP contribution in [0.15, 0.2) is 42.6 Å². The minimum atomic E-state index is -0.593. The Morgan fingerprint density at radius 1 is 1.17 bits per heavy atom. The van der Waals surface area contributed by atoms with Gasteiger partial charge in [0.1, 0.15) is 24.3 Å². The number of nitrogens with one attached hydrogen (secondary N) is 1. The molecule has 0 saturated heterocycles. The van der Waals surface area contributed by atoms with Gasteiger partial charge in [-0.05, 0) is 32.2 Å². The van der Waals surface area contributed by atoms with Crippen LogP contribution in [0.2, 0.25) is 0 Å². The van der Waals surface area contributed by atoms with Crippen LogP contribution in [0, 0.1) is 6.92 Å². The van der Waals surface area contributed by atoms with Gasteiger partial charge in [-0.2, -0.15) is 0 Å². The first-order chi connectivity index (χ1) is 14.0. The number of nitrogens with zero attached hydrogens (tertiary/aromatic N) is 3. The van der Waals surface area contributed by atoms with Crippen molar-refractivity contribution in [3.63, 3.8) is 0 Å². The highest BCUT2D eigenvalue weighted by Gasteiger charge is 2.14. The molecule has 1 unspecified atom stereocenters. The molecule has 0 bridgehead atoms. The van der Waals surface area contributed by atoms with Crippen LogP contribution in [0.1, 0.15) is 5.56 Å². The number of anilines is 1. The first-order valence-corrected chi connectivity index (χ1v) is 9.22. The van der Waals surface area contributed by atoms with Gasteiger partial charge >= 0.3 is 0 Å².